The van der Waals surface area contributed by atoms with Gasteiger partial charge in [-0.25, -0.2) is 0 Å². The summed E-state index contributed by atoms with van der Waals surface area (Å²) in [6.45, 7) is 6.84. The van der Waals surface area contributed by atoms with Crippen molar-refractivity contribution in [3.05, 3.63) is 245 Å². The standard InChI is InChI=1S/C63H45BN2S/c1-39(2)42-31-34-46(41-18-7-4-8-19-41)50(37-42)43-32-35-54-57(38-43)65(44-20-9-5-10-21-44)55-28-17-29-56-59(55)64(54)62-60(66(56)45-22-11-6-12-23-45)58-49-33-30-40(3)36-53(49)63(61(58)67-62)51-26-15-13-24-47(51)48-25-14-16-27-52(48)63/h4-39H,1-3H3. The van der Waals surface area contributed by atoms with E-state index in [4.69, 9.17) is 0 Å². The minimum Gasteiger partial charge on any atom is -0.311 e. The summed E-state index contributed by atoms with van der Waals surface area (Å²) in [5, 5.41) is 0. The van der Waals surface area contributed by atoms with Gasteiger partial charge in [-0.1, -0.05) is 189 Å². The van der Waals surface area contributed by atoms with Crippen LogP contribution in [0.1, 0.15) is 52.5 Å². The number of hydrogen-bond acceptors (Lipinski definition) is 3. The van der Waals surface area contributed by atoms with Crippen LogP contribution in [0.5, 0.6) is 0 Å². The van der Waals surface area contributed by atoms with Crippen molar-refractivity contribution in [3.63, 3.8) is 0 Å². The molecule has 3 heterocycles. The van der Waals surface area contributed by atoms with E-state index >= 15 is 0 Å². The SMILES string of the molecule is Cc1ccc2c(c1)C1(c3ccccc3-c3ccccc31)c1sc3c(c1-2)N(c1ccccc1)c1cccc2c1B3c1ccc(-c3cc(C(C)C)ccc3-c3ccccc3)cc1N2c1ccccc1. The number of nitrogens with zero attached hydrogens (tertiary/aromatic N) is 2. The zero-order valence-electron chi connectivity index (χ0n) is 37.7. The number of fused-ring (bicyclic) bond motifs is 15. The van der Waals surface area contributed by atoms with Crippen molar-refractivity contribution in [2.24, 2.45) is 0 Å². The van der Waals surface area contributed by atoms with Crippen LogP contribution in [0.15, 0.2) is 212 Å². The zero-order chi connectivity index (χ0) is 44.5. The molecule has 2 aliphatic heterocycles. The molecule has 2 nitrogen and oxygen atoms in total. The Balaban J connectivity index is 1.09. The fourth-order valence-corrected chi connectivity index (χ4v) is 13.9. The molecule has 0 fully saturated rings. The van der Waals surface area contributed by atoms with Crippen molar-refractivity contribution >= 4 is 67.9 Å². The molecule has 0 atom stereocenters. The van der Waals surface area contributed by atoms with E-state index < -0.39 is 5.41 Å². The van der Waals surface area contributed by atoms with Gasteiger partial charge in [-0.15, -0.1) is 11.3 Å². The van der Waals surface area contributed by atoms with E-state index in [1.54, 1.807) is 0 Å². The quantitative estimate of drug-likeness (QED) is 0.159. The van der Waals surface area contributed by atoms with E-state index in [9.17, 15) is 0 Å². The third-order valence-corrected chi connectivity index (χ3v) is 16.4. The molecular weight excluding hydrogens is 828 g/mol. The number of benzene rings is 9. The Labute approximate surface area is 397 Å². The van der Waals surface area contributed by atoms with Gasteiger partial charge in [-0.05, 0) is 127 Å². The van der Waals surface area contributed by atoms with E-state index in [1.165, 1.54) is 121 Å². The van der Waals surface area contributed by atoms with Crippen molar-refractivity contribution in [1.29, 1.82) is 0 Å². The fraction of sp³-hybridized carbons (Fsp3) is 0.0794. The molecule has 316 valence electrons. The average Bonchev–Trinajstić information content (AvgIpc) is 4.00. The molecule has 0 unspecified atom stereocenters. The maximum Gasteiger partial charge on any atom is 0.264 e. The number of para-hydroxylation sites is 2. The van der Waals surface area contributed by atoms with Crippen LogP contribution < -0.4 is 25.5 Å². The van der Waals surface area contributed by atoms with Crippen LogP contribution in [-0.2, 0) is 5.41 Å². The summed E-state index contributed by atoms with van der Waals surface area (Å²) >= 11 is 2.05. The van der Waals surface area contributed by atoms with Crippen LogP contribution in [0.25, 0.3) is 44.5 Å². The maximum absolute atomic E-state index is 2.61. The van der Waals surface area contributed by atoms with Crippen molar-refractivity contribution < 1.29 is 0 Å². The second kappa shape index (κ2) is 14.4. The number of rotatable bonds is 5. The van der Waals surface area contributed by atoms with Gasteiger partial charge in [0.15, 0.2) is 0 Å². The third-order valence-electron chi connectivity index (χ3n) is 15.1. The number of anilines is 6. The summed E-state index contributed by atoms with van der Waals surface area (Å²) in [6.07, 6.45) is 0. The Kier molecular flexibility index (Phi) is 8.31. The predicted octanol–water partition coefficient (Wildman–Crippen LogP) is 14.9. The topological polar surface area (TPSA) is 6.48 Å². The second-order valence-corrected chi connectivity index (χ2v) is 20.0. The molecule has 2 aliphatic carbocycles. The molecule has 9 aromatic carbocycles. The van der Waals surface area contributed by atoms with Gasteiger partial charge in [-0.3, -0.25) is 0 Å². The van der Waals surface area contributed by atoms with Crippen molar-refractivity contribution in [3.8, 4) is 44.5 Å². The first-order valence-corrected chi connectivity index (χ1v) is 24.5. The second-order valence-electron chi connectivity index (χ2n) is 19.0. The highest BCUT2D eigenvalue weighted by Gasteiger charge is 2.56. The van der Waals surface area contributed by atoms with Crippen LogP contribution in [0.2, 0.25) is 0 Å². The molecule has 1 spiro atoms. The van der Waals surface area contributed by atoms with Gasteiger partial charge in [0.2, 0.25) is 0 Å². The van der Waals surface area contributed by atoms with Crippen LogP contribution >= 0.6 is 11.3 Å². The van der Waals surface area contributed by atoms with Crippen molar-refractivity contribution in [2.75, 3.05) is 9.80 Å². The molecule has 4 heteroatoms. The van der Waals surface area contributed by atoms with E-state index in [2.05, 4.69) is 254 Å². The summed E-state index contributed by atoms with van der Waals surface area (Å²) in [5.41, 5.74) is 26.6. The predicted molar refractivity (Wildman–Crippen MR) is 284 cm³/mol. The lowest BCUT2D eigenvalue weighted by molar-refractivity contribution is 0.810. The van der Waals surface area contributed by atoms with Crippen LogP contribution in [0.4, 0.5) is 34.1 Å². The van der Waals surface area contributed by atoms with Gasteiger partial charge in [0.25, 0.3) is 6.71 Å². The minimum atomic E-state index is -0.448. The van der Waals surface area contributed by atoms with E-state index in [1.807, 2.05) is 0 Å². The molecule has 0 N–H and O–H groups in total. The van der Waals surface area contributed by atoms with Crippen LogP contribution in [0, 0.1) is 6.92 Å². The van der Waals surface area contributed by atoms with Gasteiger partial charge in [0.1, 0.15) is 0 Å². The van der Waals surface area contributed by atoms with E-state index in [0.29, 0.717) is 5.92 Å². The first-order valence-electron chi connectivity index (χ1n) is 23.7. The number of hydrogen-bond donors (Lipinski definition) is 0. The fourth-order valence-electron chi connectivity index (χ4n) is 12.2. The lowest BCUT2D eigenvalue weighted by atomic mass is 9.36. The Morgan fingerprint density at radius 3 is 1.76 bits per heavy atom. The van der Waals surface area contributed by atoms with Crippen LogP contribution in [-0.4, -0.2) is 6.71 Å². The monoisotopic (exact) mass is 872 g/mol. The first-order chi connectivity index (χ1) is 33.0. The summed E-state index contributed by atoms with van der Waals surface area (Å²) < 4.78 is 1.40. The molecule has 14 rings (SSSR count). The number of aryl methyl sites for hydroxylation is 1. The summed E-state index contributed by atoms with van der Waals surface area (Å²) in [4.78, 5) is 6.58. The smallest absolute Gasteiger partial charge is 0.264 e. The lowest BCUT2D eigenvalue weighted by Gasteiger charge is -2.43. The van der Waals surface area contributed by atoms with Crippen molar-refractivity contribution in [2.45, 2.75) is 32.1 Å². The molecule has 0 saturated carbocycles. The van der Waals surface area contributed by atoms with Gasteiger partial charge in [0, 0.05) is 43.7 Å². The van der Waals surface area contributed by atoms with Gasteiger partial charge in [-0.2, -0.15) is 0 Å². The Morgan fingerprint density at radius 1 is 0.463 bits per heavy atom. The largest absolute Gasteiger partial charge is 0.311 e. The third kappa shape index (κ3) is 5.28. The zero-order valence-corrected chi connectivity index (χ0v) is 38.5. The molecule has 1 aromatic heterocycles. The summed E-state index contributed by atoms with van der Waals surface area (Å²) in [5.74, 6) is 0.400. The van der Waals surface area contributed by atoms with Gasteiger partial charge < -0.3 is 9.80 Å². The highest BCUT2D eigenvalue weighted by atomic mass is 32.1. The highest BCUT2D eigenvalue weighted by molar-refractivity contribution is 7.30. The van der Waals surface area contributed by atoms with E-state index in [0.717, 1.165) is 5.69 Å². The van der Waals surface area contributed by atoms with Gasteiger partial charge in [0.05, 0.1) is 11.1 Å². The molecule has 10 aromatic rings. The lowest BCUT2D eigenvalue weighted by Crippen LogP contribution is -2.60. The maximum atomic E-state index is 2.61. The van der Waals surface area contributed by atoms with Crippen molar-refractivity contribution in [1.82, 2.24) is 0 Å². The highest BCUT2D eigenvalue weighted by Crippen LogP contribution is 2.67. The van der Waals surface area contributed by atoms with Crippen LogP contribution in [0.3, 0.4) is 0 Å². The molecule has 0 bridgehead atoms. The molecule has 4 aliphatic rings. The molecule has 0 saturated heterocycles. The Bertz CT molecular complexity index is 3600. The molecular formula is C63H45BN2S. The normalized spacial score (nSPS) is 14.1. The molecule has 0 amide bonds. The minimum absolute atomic E-state index is 0.00537. The Hall–Kier alpha value is -7.66. The summed E-state index contributed by atoms with van der Waals surface area (Å²) in [7, 11) is 0. The van der Waals surface area contributed by atoms with E-state index in [-0.39, 0.29) is 6.71 Å². The number of thiophene rings is 1. The molecule has 0 radical (unpaired) electrons. The molecule has 67 heavy (non-hydrogen) atoms. The average molecular weight is 873 g/mol. The summed E-state index contributed by atoms with van der Waals surface area (Å²) in [6, 6.07) is 80.2. The first kappa shape index (κ1) is 38.6. The van der Waals surface area contributed by atoms with Gasteiger partial charge >= 0.3 is 0 Å². The Morgan fingerprint density at radius 2 is 1.07 bits per heavy atom.